The Labute approximate surface area is 152 Å². The first-order chi connectivity index (χ1) is 12.5. The van der Waals surface area contributed by atoms with Crippen molar-refractivity contribution in [2.75, 3.05) is 12.5 Å². The van der Waals surface area contributed by atoms with Crippen LogP contribution in [0.3, 0.4) is 0 Å². The molecule has 0 saturated heterocycles. The number of nitrogens with zero attached hydrogens (tertiary/aromatic N) is 2. The summed E-state index contributed by atoms with van der Waals surface area (Å²) in [7, 11) is 1.20. The van der Waals surface area contributed by atoms with Gasteiger partial charge in [0.25, 0.3) is 0 Å². The molecule has 0 spiro atoms. The highest BCUT2D eigenvalue weighted by atomic mass is 32.1. The van der Waals surface area contributed by atoms with Gasteiger partial charge in [-0.05, 0) is 6.07 Å². The van der Waals surface area contributed by atoms with E-state index >= 15 is 0 Å². The Bertz CT molecular complexity index is 908. The van der Waals surface area contributed by atoms with Crippen LogP contribution in [0.25, 0.3) is 11.3 Å². The van der Waals surface area contributed by atoms with E-state index in [2.05, 4.69) is 15.5 Å². The first kappa shape index (κ1) is 17.9. The summed E-state index contributed by atoms with van der Waals surface area (Å²) in [5.74, 6) is -0.248. The fourth-order valence-electron chi connectivity index (χ4n) is 2.35. The number of rotatable bonds is 5. The number of hydrogen-bond acceptors (Lipinski definition) is 5. The summed E-state index contributed by atoms with van der Waals surface area (Å²) in [5, 5.41) is 6.22. The first-order valence-corrected chi connectivity index (χ1v) is 8.41. The molecule has 3 aromatic rings. The maximum Gasteiger partial charge on any atom is 0.420 e. The van der Waals surface area contributed by atoms with Gasteiger partial charge in [-0.1, -0.05) is 42.5 Å². The molecule has 0 aliphatic rings. The number of ether oxygens (including phenoxy) is 1. The van der Waals surface area contributed by atoms with Crippen LogP contribution in [0.2, 0.25) is 0 Å². The van der Waals surface area contributed by atoms with E-state index in [1.54, 1.807) is 0 Å². The molecule has 1 heterocycles. The van der Waals surface area contributed by atoms with E-state index in [4.69, 9.17) is 4.74 Å². The highest BCUT2D eigenvalue weighted by Crippen LogP contribution is 2.38. The lowest BCUT2D eigenvalue weighted by Gasteiger charge is -2.14. The van der Waals surface area contributed by atoms with Gasteiger partial charge in [-0.2, -0.15) is 18.3 Å². The first-order valence-electron chi connectivity index (χ1n) is 7.53. The summed E-state index contributed by atoms with van der Waals surface area (Å²) in [4.78, 5) is 4.36. The van der Waals surface area contributed by atoms with Crippen LogP contribution in [-0.4, -0.2) is 18.3 Å². The molecule has 0 aliphatic heterocycles. The molecule has 0 atom stereocenters. The number of hydrazone groups is 1. The summed E-state index contributed by atoms with van der Waals surface area (Å²) in [6.45, 7) is 0. The molecule has 0 fully saturated rings. The van der Waals surface area contributed by atoms with Gasteiger partial charge >= 0.3 is 6.18 Å². The number of methoxy groups -OCH3 is 1. The number of alkyl halides is 3. The van der Waals surface area contributed by atoms with E-state index in [1.807, 2.05) is 35.7 Å². The minimum absolute atomic E-state index is 0.0933. The van der Waals surface area contributed by atoms with Gasteiger partial charge < -0.3 is 4.74 Å². The smallest absolute Gasteiger partial charge is 0.420 e. The number of anilines is 1. The minimum Gasteiger partial charge on any atom is -0.496 e. The Balaban J connectivity index is 1.79. The molecule has 1 aromatic heterocycles. The fourth-order valence-corrected chi connectivity index (χ4v) is 3.02. The van der Waals surface area contributed by atoms with E-state index in [0.29, 0.717) is 5.13 Å². The van der Waals surface area contributed by atoms with Crippen LogP contribution in [0.15, 0.2) is 59.0 Å². The van der Waals surface area contributed by atoms with Gasteiger partial charge in [0, 0.05) is 16.5 Å². The van der Waals surface area contributed by atoms with Crippen molar-refractivity contribution in [2.24, 2.45) is 5.10 Å². The Morgan fingerprint density at radius 2 is 1.88 bits per heavy atom. The van der Waals surface area contributed by atoms with Crippen molar-refractivity contribution in [1.82, 2.24) is 4.98 Å². The highest BCUT2D eigenvalue weighted by Gasteiger charge is 2.36. The van der Waals surface area contributed by atoms with Crippen molar-refractivity contribution < 1.29 is 17.9 Å². The second kappa shape index (κ2) is 7.57. The van der Waals surface area contributed by atoms with Crippen LogP contribution in [-0.2, 0) is 6.18 Å². The van der Waals surface area contributed by atoms with E-state index in [1.165, 1.54) is 36.6 Å². The van der Waals surface area contributed by atoms with Crippen LogP contribution in [0.4, 0.5) is 18.3 Å². The van der Waals surface area contributed by atoms with E-state index < -0.39 is 11.7 Å². The molecule has 0 unspecified atom stereocenters. The zero-order chi connectivity index (χ0) is 18.6. The maximum atomic E-state index is 13.3. The average Bonchev–Trinajstić information content (AvgIpc) is 3.10. The summed E-state index contributed by atoms with van der Waals surface area (Å²) in [5.41, 5.74) is 3.43. The summed E-state index contributed by atoms with van der Waals surface area (Å²) >= 11 is 1.31. The summed E-state index contributed by atoms with van der Waals surface area (Å²) in [6, 6.07) is 13.6. The van der Waals surface area contributed by atoms with Gasteiger partial charge in [0.1, 0.15) is 11.3 Å². The number of nitrogens with one attached hydrogen (secondary N) is 1. The number of benzene rings is 2. The third-order valence-electron chi connectivity index (χ3n) is 3.50. The third-order valence-corrected chi connectivity index (χ3v) is 4.25. The Hall–Kier alpha value is -2.87. The topological polar surface area (TPSA) is 46.5 Å². The van der Waals surface area contributed by atoms with Crippen molar-refractivity contribution in [3.63, 3.8) is 0 Å². The van der Waals surface area contributed by atoms with Crippen molar-refractivity contribution in [3.8, 4) is 17.0 Å². The van der Waals surface area contributed by atoms with Crippen molar-refractivity contribution in [2.45, 2.75) is 6.18 Å². The lowest BCUT2D eigenvalue weighted by Crippen LogP contribution is -2.11. The molecular weight excluding hydrogens is 363 g/mol. The van der Waals surface area contributed by atoms with Gasteiger partial charge in [0.2, 0.25) is 5.13 Å². The van der Waals surface area contributed by atoms with Crippen molar-refractivity contribution in [1.29, 1.82) is 0 Å². The number of hydrogen-bond donors (Lipinski definition) is 1. The second-order valence-electron chi connectivity index (χ2n) is 5.20. The summed E-state index contributed by atoms with van der Waals surface area (Å²) < 4.78 is 44.6. The normalized spacial score (nSPS) is 11.7. The maximum absolute atomic E-state index is 13.3. The molecule has 0 aliphatic carbocycles. The third kappa shape index (κ3) is 4.02. The van der Waals surface area contributed by atoms with Gasteiger partial charge in [-0.3, -0.25) is 5.43 Å². The predicted molar refractivity (Wildman–Crippen MR) is 96.8 cm³/mol. The average molecular weight is 377 g/mol. The molecule has 0 bridgehead atoms. The van der Waals surface area contributed by atoms with Crippen molar-refractivity contribution >= 4 is 22.7 Å². The van der Waals surface area contributed by atoms with Gasteiger partial charge in [-0.15, -0.1) is 11.3 Å². The summed E-state index contributed by atoms with van der Waals surface area (Å²) in [6.07, 6.45) is -3.44. The Morgan fingerprint density at radius 3 is 2.58 bits per heavy atom. The van der Waals surface area contributed by atoms with Gasteiger partial charge in [0.15, 0.2) is 0 Å². The van der Waals surface area contributed by atoms with Crippen LogP contribution in [0.5, 0.6) is 5.75 Å². The minimum atomic E-state index is -4.55. The molecule has 4 nitrogen and oxygen atoms in total. The number of thiazole rings is 1. The molecule has 26 heavy (non-hydrogen) atoms. The van der Waals surface area contributed by atoms with Crippen LogP contribution in [0.1, 0.15) is 11.1 Å². The second-order valence-corrected chi connectivity index (χ2v) is 6.05. The molecule has 0 amide bonds. The van der Waals surface area contributed by atoms with Crippen LogP contribution in [0, 0.1) is 0 Å². The van der Waals surface area contributed by atoms with Crippen LogP contribution >= 0.6 is 11.3 Å². The molecule has 3 rings (SSSR count). The molecule has 8 heteroatoms. The largest absolute Gasteiger partial charge is 0.496 e. The molecule has 0 saturated carbocycles. The fraction of sp³-hybridized carbons (Fsp3) is 0.111. The monoisotopic (exact) mass is 377 g/mol. The Morgan fingerprint density at radius 1 is 1.12 bits per heavy atom. The number of halogens is 3. The molecule has 0 radical (unpaired) electrons. The highest BCUT2D eigenvalue weighted by molar-refractivity contribution is 7.14. The van der Waals surface area contributed by atoms with Gasteiger partial charge in [0.05, 0.1) is 19.0 Å². The molecular formula is C18H14F3N3OS. The SMILES string of the molecule is COc1cccc(C=NNc2nc(-c3ccccc3)cs2)c1C(F)(F)F. The van der Waals surface area contributed by atoms with E-state index in [9.17, 15) is 13.2 Å². The van der Waals surface area contributed by atoms with Crippen LogP contribution < -0.4 is 10.2 Å². The van der Waals surface area contributed by atoms with E-state index in [0.717, 1.165) is 17.5 Å². The van der Waals surface area contributed by atoms with Crippen molar-refractivity contribution in [3.05, 3.63) is 65.0 Å². The molecule has 2 aromatic carbocycles. The van der Waals surface area contributed by atoms with Gasteiger partial charge in [-0.25, -0.2) is 4.98 Å². The Kier molecular flexibility index (Phi) is 5.22. The molecule has 1 N–H and O–H groups in total. The zero-order valence-corrected chi connectivity index (χ0v) is 14.4. The number of aromatic nitrogens is 1. The predicted octanol–water partition coefficient (Wildman–Crippen LogP) is 5.28. The lowest BCUT2D eigenvalue weighted by atomic mass is 10.1. The molecule has 134 valence electrons. The zero-order valence-electron chi connectivity index (χ0n) is 13.6. The quantitative estimate of drug-likeness (QED) is 0.486. The lowest BCUT2D eigenvalue weighted by molar-refractivity contribution is -0.138. The van der Waals surface area contributed by atoms with E-state index in [-0.39, 0.29) is 11.3 Å². The standard InChI is InChI=1S/C18H14F3N3OS/c1-25-15-9-5-8-13(16(15)18(19,20)21)10-22-24-17-23-14(11-26-17)12-6-3-2-4-7-12/h2-11H,1H3,(H,23,24).